The minimum Gasteiger partial charge on any atom is -0.369 e. The molecule has 0 radical (unpaired) electrons. The van der Waals surface area contributed by atoms with Crippen molar-refractivity contribution in [2.24, 2.45) is 0 Å². The van der Waals surface area contributed by atoms with E-state index in [1.807, 2.05) is 0 Å². The molecule has 0 heterocycles. The molecule has 0 bridgehead atoms. The molecule has 0 aromatic heterocycles. The van der Waals surface area contributed by atoms with Crippen molar-refractivity contribution in [3.63, 3.8) is 0 Å². The van der Waals surface area contributed by atoms with Crippen LogP contribution in [0.3, 0.4) is 0 Å². The van der Waals surface area contributed by atoms with Gasteiger partial charge in [-0.25, -0.2) is 0 Å². The van der Waals surface area contributed by atoms with E-state index >= 15 is 0 Å². The van der Waals surface area contributed by atoms with E-state index in [9.17, 15) is 0 Å². The fourth-order valence-corrected chi connectivity index (χ4v) is 0. The minimum absolute atomic E-state index is 0. The van der Waals surface area contributed by atoms with Gasteiger partial charge in [-0.2, -0.15) is 0 Å². The number of nitrogens with zero attached hydrogens (tertiary/aromatic N) is 1. The Morgan fingerprint density at radius 3 is 1.67 bits per heavy atom. The van der Waals surface area contributed by atoms with Gasteiger partial charge in [-0.1, -0.05) is 0 Å². The molecule has 36 valence electrons. The van der Waals surface area contributed by atoms with E-state index < -0.39 is 3.97 Å². The van der Waals surface area contributed by atoms with Gasteiger partial charge in [0.25, 0.3) is 0 Å². The van der Waals surface area contributed by atoms with Crippen LogP contribution in [-0.4, -0.2) is 3.97 Å². The SMILES string of the molecule is O=[N+]([O-])[Co-2].[NH4+].[Na+]. The first-order chi connectivity index (χ1) is 1.73. The van der Waals surface area contributed by atoms with E-state index in [1.165, 1.54) is 0 Å². The van der Waals surface area contributed by atoms with Gasteiger partial charge in [0.15, 0.2) is 0 Å². The van der Waals surface area contributed by atoms with E-state index in [0.717, 1.165) is 0 Å². The molecular formula is H4CoN2NaO2. The second-order valence-electron chi connectivity index (χ2n) is 0.196. The standard InChI is InChI=1S/Co.NO2.H3N.Na/c;2-1-3;;/h;;1H3;/q-2;;;+1/p+1. The minimum atomic E-state index is -0.812. The smallest absolute Gasteiger partial charge is 0.369 e. The predicted molar refractivity (Wildman–Crippen MR) is 13.0 cm³/mol. The summed E-state index contributed by atoms with van der Waals surface area (Å²) in [6.07, 6.45) is 0. The van der Waals surface area contributed by atoms with Crippen molar-refractivity contribution in [2.45, 2.75) is 0 Å². The summed E-state index contributed by atoms with van der Waals surface area (Å²) < 4.78 is -0.812. The maximum absolute atomic E-state index is 8.67. The van der Waals surface area contributed by atoms with Crippen LogP contribution in [-0.2, 0) is 16.0 Å². The first-order valence-electron chi connectivity index (χ1n) is 0.514. The fourth-order valence-electron chi connectivity index (χ4n) is 0. The van der Waals surface area contributed by atoms with Gasteiger partial charge in [-0.15, -0.1) is 0 Å². The van der Waals surface area contributed by atoms with E-state index in [-0.39, 0.29) is 35.7 Å². The Kier molecular flexibility index (Phi) is 24.5. The molecule has 0 fully saturated rings. The number of rotatable bonds is 0. The summed E-state index contributed by atoms with van der Waals surface area (Å²) in [5, 5.41) is 8.67. The third-order valence-corrected chi connectivity index (χ3v) is 0. The van der Waals surface area contributed by atoms with Gasteiger partial charge < -0.3 is 6.15 Å². The zero-order valence-electron chi connectivity index (χ0n) is 3.60. The van der Waals surface area contributed by atoms with Crippen molar-refractivity contribution in [3.05, 3.63) is 10.1 Å². The number of hydrogen-bond acceptors (Lipinski definition) is 2. The third kappa shape index (κ3) is 96.9. The second kappa shape index (κ2) is 9.29. The second-order valence-corrected chi connectivity index (χ2v) is 0.576. The van der Waals surface area contributed by atoms with Crippen molar-refractivity contribution in [2.75, 3.05) is 0 Å². The summed E-state index contributed by atoms with van der Waals surface area (Å²) in [6.45, 7) is 0. The molecule has 6 heavy (non-hydrogen) atoms. The van der Waals surface area contributed by atoms with Crippen LogP contribution in [0.25, 0.3) is 0 Å². The molecule has 0 aromatic rings. The average Bonchev–Trinajstić information content (AvgIpc) is 0.811. The zero-order valence-corrected chi connectivity index (χ0v) is 6.64. The van der Waals surface area contributed by atoms with Crippen molar-refractivity contribution < 1.29 is 49.5 Å². The van der Waals surface area contributed by atoms with Gasteiger partial charge in [-0.05, 0) is 0 Å². The topological polar surface area (TPSA) is 79.6 Å². The molecular weight excluding hydrogens is 142 g/mol. The third-order valence-electron chi connectivity index (χ3n) is 0. The molecule has 0 unspecified atom stereocenters. The van der Waals surface area contributed by atoms with Crippen LogP contribution in [0.5, 0.6) is 0 Å². The molecule has 0 aliphatic heterocycles. The number of hydrogen-bond donors (Lipinski definition) is 1. The van der Waals surface area contributed by atoms with Gasteiger partial charge in [0.2, 0.25) is 0 Å². The van der Waals surface area contributed by atoms with Crippen LogP contribution in [0.15, 0.2) is 0 Å². The van der Waals surface area contributed by atoms with Gasteiger partial charge >= 0.3 is 59.6 Å². The Labute approximate surface area is 65.5 Å². The summed E-state index contributed by atoms with van der Waals surface area (Å²) >= 11 is 2.73. The molecule has 4 N–H and O–H groups in total. The van der Waals surface area contributed by atoms with Crippen molar-refractivity contribution >= 4 is 0 Å². The normalized spacial score (nSPS) is 4.33. The van der Waals surface area contributed by atoms with E-state index in [4.69, 9.17) is 10.1 Å². The fraction of sp³-hybridized carbons (Fsp3) is 0. The van der Waals surface area contributed by atoms with Crippen LogP contribution < -0.4 is 35.7 Å². The van der Waals surface area contributed by atoms with E-state index in [1.54, 1.807) is 0 Å². The Morgan fingerprint density at radius 1 is 1.67 bits per heavy atom. The molecule has 0 aliphatic carbocycles. The number of quaternary nitrogens is 1. The van der Waals surface area contributed by atoms with Crippen molar-refractivity contribution in [3.8, 4) is 0 Å². The monoisotopic (exact) mass is 146 g/mol. The molecule has 0 aliphatic rings. The quantitative estimate of drug-likeness (QED) is 0.226. The maximum Gasteiger partial charge on any atom is 1.00 e. The largest absolute Gasteiger partial charge is 1.00 e. The average molecular weight is 146 g/mol. The van der Waals surface area contributed by atoms with Gasteiger partial charge in [0, 0.05) is 0 Å². The van der Waals surface area contributed by atoms with Crippen LogP contribution in [0.1, 0.15) is 0 Å². The maximum atomic E-state index is 8.67. The molecule has 4 nitrogen and oxygen atoms in total. The summed E-state index contributed by atoms with van der Waals surface area (Å²) in [6, 6.07) is 0. The summed E-state index contributed by atoms with van der Waals surface area (Å²) in [7, 11) is 0. The Balaban J connectivity index is -0.0000000450. The van der Waals surface area contributed by atoms with E-state index in [0.29, 0.717) is 0 Å². The first kappa shape index (κ1) is 15.8. The first-order valence-corrected chi connectivity index (χ1v) is 0.980. The van der Waals surface area contributed by atoms with E-state index in [2.05, 4.69) is 16.0 Å². The van der Waals surface area contributed by atoms with Crippen LogP contribution in [0, 0.1) is 10.1 Å². The molecule has 0 saturated heterocycles. The molecule has 0 rings (SSSR count). The molecule has 0 aromatic carbocycles. The van der Waals surface area contributed by atoms with Crippen LogP contribution in [0.2, 0.25) is 0 Å². The molecule has 0 amide bonds. The van der Waals surface area contributed by atoms with Gasteiger partial charge in [0.1, 0.15) is 0 Å². The number of nitro groups is 1. The van der Waals surface area contributed by atoms with Crippen molar-refractivity contribution in [1.82, 2.24) is 6.15 Å². The molecule has 6 heteroatoms. The summed E-state index contributed by atoms with van der Waals surface area (Å²) in [4.78, 5) is 8.67. The molecule has 0 spiro atoms. The Morgan fingerprint density at radius 2 is 1.67 bits per heavy atom. The van der Waals surface area contributed by atoms with Gasteiger partial charge in [-0.3, -0.25) is 0 Å². The predicted octanol–water partition coefficient (Wildman–Crippen LogP) is -2.89. The zero-order chi connectivity index (χ0) is 3.58. The Bertz CT molecular complexity index is 34.5. The summed E-state index contributed by atoms with van der Waals surface area (Å²) in [5.41, 5.74) is 0. The van der Waals surface area contributed by atoms with Crippen LogP contribution >= 0.6 is 0 Å². The molecule has 0 saturated carbocycles. The van der Waals surface area contributed by atoms with Crippen molar-refractivity contribution in [1.29, 1.82) is 0 Å². The summed E-state index contributed by atoms with van der Waals surface area (Å²) in [5.74, 6) is 0. The molecule has 0 atom stereocenters. The van der Waals surface area contributed by atoms with Crippen LogP contribution in [0.4, 0.5) is 0 Å². The Hall–Kier alpha value is 0.866. The van der Waals surface area contributed by atoms with Gasteiger partial charge in [0.05, 0.1) is 0 Å².